The molecule has 2 rings (SSSR count). The molecule has 4 nitrogen and oxygen atoms in total. The highest BCUT2D eigenvalue weighted by Gasteiger charge is 2.24. The zero-order valence-corrected chi connectivity index (χ0v) is 13.1. The van der Waals surface area contributed by atoms with Crippen LogP contribution in [-0.2, 0) is 9.53 Å². The minimum Gasteiger partial charge on any atom is -0.491 e. The van der Waals surface area contributed by atoms with E-state index < -0.39 is 0 Å². The van der Waals surface area contributed by atoms with Crippen molar-refractivity contribution in [1.82, 2.24) is 4.90 Å². The van der Waals surface area contributed by atoms with Crippen molar-refractivity contribution in [3.63, 3.8) is 0 Å². The number of carbonyl (C=O) groups is 1. The van der Waals surface area contributed by atoms with E-state index in [2.05, 4.69) is 4.90 Å². The molecule has 0 saturated carbocycles. The smallest absolute Gasteiger partial charge is 0.307 e. The Labute approximate surface area is 131 Å². The minimum absolute atomic E-state index is 0.140. The molecule has 0 amide bonds. The molecule has 116 valence electrons. The van der Waals surface area contributed by atoms with E-state index in [-0.39, 0.29) is 12.0 Å². The summed E-state index contributed by atoms with van der Waals surface area (Å²) in [4.78, 5) is 13.8. The summed E-state index contributed by atoms with van der Waals surface area (Å²) in [6.45, 7) is 2.38. The summed E-state index contributed by atoms with van der Waals surface area (Å²) in [6, 6.07) is 7.73. The van der Waals surface area contributed by atoms with Crippen LogP contribution in [0.4, 0.5) is 0 Å². The lowest BCUT2D eigenvalue weighted by molar-refractivity contribution is -0.142. The number of hydrogen-bond donors (Lipinski definition) is 0. The Morgan fingerprint density at radius 1 is 1.38 bits per heavy atom. The standard InChI is InChI=1S/C16H22ClNO3/c1-20-16(19)12-13-6-4-5-9-18(13)10-11-21-15-8-3-2-7-14(15)17/h2-3,7-8,13H,4-6,9-12H2,1H3. The van der Waals surface area contributed by atoms with Crippen molar-refractivity contribution in [2.75, 3.05) is 26.8 Å². The van der Waals surface area contributed by atoms with E-state index in [0.29, 0.717) is 23.8 Å². The van der Waals surface area contributed by atoms with Gasteiger partial charge in [0.25, 0.3) is 0 Å². The summed E-state index contributed by atoms with van der Waals surface area (Å²) in [5.74, 6) is 0.569. The molecule has 0 aliphatic carbocycles. The van der Waals surface area contributed by atoms with Gasteiger partial charge in [-0.2, -0.15) is 0 Å². The second-order valence-electron chi connectivity index (χ2n) is 5.24. The highest BCUT2D eigenvalue weighted by atomic mass is 35.5. The number of hydrogen-bond acceptors (Lipinski definition) is 4. The maximum atomic E-state index is 11.5. The van der Waals surface area contributed by atoms with E-state index in [1.807, 2.05) is 24.3 Å². The van der Waals surface area contributed by atoms with Crippen LogP contribution < -0.4 is 4.74 Å². The fourth-order valence-corrected chi connectivity index (χ4v) is 2.89. The van der Waals surface area contributed by atoms with Gasteiger partial charge >= 0.3 is 5.97 Å². The number of esters is 1. The van der Waals surface area contributed by atoms with Gasteiger partial charge in [-0.1, -0.05) is 30.2 Å². The summed E-state index contributed by atoms with van der Waals surface area (Å²) in [5.41, 5.74) is 0. The summed E-state index contributed by atoms with van der Waals surface area (Å²) in [7, 11) is 1.44. The number of para-hydroxylation sites is 1. The molecule has 1 aromatic carbocycles. The Morgan fingerprint density at radius 2 is 2.19 bits per heavy atom. The van der Waals surface area contributed by atoms with Gasteiger partial charge in [-0.05, 0) is 31.5 Å². The molecular weight excluding hydrogens is 290 g/mol. The predicted molar refractivity (Wildman–Crippen MR) is 82.8 cm³/mol. The average Bonchev–Trinajstić information content (AvgIpc) is 2.50. The summed E-state index contributed by atoms with van der Waals surface area (Å²) >= 11 is 6.06. The third-order valence-corrected chi connectivity index (χ3v) is 4.16. The minimum atomic E-state index is -0.140. The maximum absolute atomic E-state index is 11.5. The van der Waals surface area contributed by atoms with Crippen LogP contribution in [0.5, 0.6) is 5.75 Å². The Morgan fingerprint density at radius 3 is 2.95 bits per heavy atom. The average molecular weight is 312 g/mol. The fraction of sp³-hybridized carbons (Fsp3) is 0.562. The van der Waals surface area contributed by atoms with Crippen molar-refractivity contribution in [2.45, 2.75) is 31.7 Å². The Kier molecular flexibility index (Phi) is 6.33. The lowest BCUT2D eigenvalue weighted by Crippen LogP contribution is -2.43. The number of methoxy groups -OCH3 is 1. The monoisotopic (exact) mass is 311 g/mol. The number of ether oxygens (including phenoxy) is 2. The van der Waals surface area contributed by atoms with Crippen LogP contribution in [0.3, 0.4) is 0 Å². The second-order valence-corrected chi connectivity index (χ2v) is 5.65. The molecule has 0 spiro atoms. The lowest BCUT2D eigenvalue weighted by Gasteiger charge is -2.35. The molecule has 1 fully saturated rings. The van der Waals surface area contributed by atoms with Crippen LogP contribution in [0.25, 0.3) is 0 Å². The third-order valence-electron chi connectivity index (χ3n) is 3.85. The molecule has 21 heavy (non-hydrogen) atoms. The van der Waals surface area contributed by atoms with Crippen molar-refractivity contribution >= 4 is 17.6 Å². The Bertz CT molecular complexity index is 467. The van der Waals surface area contributed by atoms with Gasteiger partial charge in [0, 0.05) is 12.6 Å². The molecule has 1 heterocycles. The zero-order chi connectivity index (χ0) is 15.1. The number of rotatable bonds is 6. The van der Waals surface area contributed by atoms with Crippen molar-refractivity contribution in [2.24, 2.45) is 0 Å². The number of nitrogens with zero attached hydrogens (tertiary/aromatic N) is 1. The number of carbonyl (C=O) groups excluding carboxylic acids is 1. The second kappa shape index (κ2) is 8.25. The van der Waals surface area contributed by atoms with Gasteiger partial charge in [0.2, 0.25) is 0 Å². The van der Waals surface area contributed by atoms with Crippen LogP contribution >= 0.6 is 11.6 Å². The Hall–Kier alpha value is -1.26. The van der Waals surface area contributed by atoms with Crippen LogP contribution in [0, 0.1) is 0 Å². The summed E-state index contributed by atoms with van der Waals surface area (Å²) in [5, 5.41) is 0.627. The predicted octanol–water partition coefficient (Wildman–Crippen LogP) is 3.14. The maximum Gasteiger partial charge on any atom is 0.307 e. The molecule has 0 N–H and O–H groups in total. The van der Waals surface area contributed by atoms with E-state index in [1.165, 1.54) is 20.0 Å². The molecule has 1 saturated heterocycles. The SMILES string of the molecule is COC(=O)CC1CCCCN1CCOc1ccccc1Cl. The van der Waals surface area contributed by atoms with Crippen LogP contribution in [0.1, 0.15) is 25.7 Å². The van der Waals surface area contributed by atoms with E-state index >= 15 is 0 Å². The van der Waals surface area contributed by atoms with Gasteiger partial charge in [-0.3, -0.25) is 9.69 Å². The van der Waals surface area contributed by atoms with Crippen molar-refractivity contribution < 1.29 is 14.3 Å². The van der Waals surface area contributed by atoms with Crippen LogP contribution in [0.2, 0.25) is 5.02 Å². The normalized spacial score (nSPS) is 19.2. The van der Waals surface area contributed by atoms with E-state index in [1.54, 1.807) is 0 Å². The van der Waals surface area contributed by atoms with E-state index in [9.17, 15) is 4.79 Å². The van der Waals surface area contributed by atoms with E-state index in [0.717, 1.165) is 19.5 Å². The van der Waals surface area contributed by atoms with Crippen molar-refractivity contribution in [3.8, 4) is 5.75 Å². The highest BCUT2D eigenvalue weighted by molar-refractivity contribution is 6.32. The molecule has 1 aromatic rings. The van der Waals surface area contributed by atoms with Crippen molar-refractivity contribution in [1.29, 1.82) is 0 Å². The molecule has 1 atom stereocenters. The van der Waals surface area contributed by atoms with Gasteiger partial charge in [0.1, 0.15) is 12.4 Å². The molecule has 0 radical (unpaired) electrons. The number of halogens is 1. The summed E-state index contributed by atoms with van der Waals surface area (Å²) < 4.78 is 10.5. The lowest BCUT2D eigenvalue weighted by atomic mass is 9.99. The first-order chi connectivity index (χ1) is 10.2. The number of piperidine rings is 1. The van der Waals surface area contributed by atoms with Gasteiger partial charge in [-0.25, -0.2) is 0 Å². The highest BCUT2D eigenvalue weighted by Crippen LogP contribution is 2.24. The van der Waals surface area contributed by atoms with Crippen LogP contribution in [-0.4, -0.2) is 43.7 Å². The van der Waals surface area contributed by atoms with Crippen LogP contribution in [0.15, 0.2) is 24.3 Å². The third kappa shape index (κ3) is 4.90. The first-order valence-electron chi connectivity index (χ1n) is 7.39. The molecule has 0 aromatic heterocycles. The number of likely N-dealkylation sites (tertiary alicyclic amines) is 1. The van der Waals surface area contributed by atoms with Gasteiger partial charge < -0.3 is 9.47 Å². The number of benzene rings is 1. The van der Waals surface area contributed by atoms with Gasteiger partial charge in [0.05, 0.1) is 18.6 Å². The Balaban J connectivity index is 1.82. The van der Waals surface area contributed by atoms with Gasteiger partial charge in [0.15, 0.2) is 0 Å². The first-order valence-corrected chi connectivity index (χ1v) is 7.76. The molecule has 1 unspecified atom stereocenters. The molecule has 1 aliphatic heterocycles. The molecule has 5 heteroatoms. The zero-order valence-electron chi connectivity index (χ0n) is 12.4. The summed E-state index contributed by atoms with van der Waals surface area (Å²) in [6.07, 6.45) is 3.84. The first kappa shape index (κ1) is 16.1. The largest absolute Gasteiger partial charge is 0.491 e. The molecule has 1 aliphatic rings. The molecular formula is C16H22ClNO3. The van der Waals surface area contributed by atoms with Crippen molar-refractivity contribution in [3.05, 3.63) is 29.3 Å². The van der Waals surface area contributed by atoms with E-state index in [4.69, 9.17) is 21.1 Å². The van der Waals surface area contributed by atoms with Gasteiger partial charge in [-0.15, -0.1) is 0 Å². The topological polar surface area (TPSA) is 38.8 Å². The quantitative estimate of drug-likeness (QED) is 0.757. The molecule has 0 bridgehead atoms. The fourth-order valence-electron chi connectivity index (χ4n) is 2.70.